The summed E-state index contributed by atoms with van der Waals surface area (Å²) in [7, 11) is 1.97. The molecule has 1 aliphatic carbocycles. The highest BCUT2D eigenvalue weighted by molar-refractivity contribution is 7.09. The van der Waals surface area contributed by atoms with Crippen LogP contribution in [0.15, 0.2) is 23.6 Å². The van der Waals surface area contributed by atoms with Gasteiger partial charge in [-0.2, -0.15) is 0 Å². The molecule has 0 saturated carbocycles. The molecule has 1 fully saturated rings. The summed E-state index contributed by atoms with van der Waals surface area (Å²) in [6.07, 6.45) is 4.61. The van der Waals surface area contributed by atoms with E-state index in [1.54, 1.807) is 11.4 Å². The number of fused-ring (bicyclic) bond motifs is 1. The molecule has 66 heavy (non-hydrogen) atoms. The van der Waals surface area contributed by atoms with Crippen molar-refractivity contribution in [2.75, 3.05) is 66.3 Å². The fraction of sp³-hybridized carbons (Fsp3) is 0.702. The van der Waals surface area contributed by atoms with Crippen LogP contribution in [0.25, 0.3) is 0 Å². The number of phenols is 1. The molecule has 0 bridgehead atoms. The Labute approximate surface area is 394 Å². The maximum atomic E-state index is 14.7. The van der Waals surface area contributed by atoms with Crippen molar-refractivity contribution in [1.82, 2.24) is 36.3 Å². The van der Waals surface area contributed by atoms with Crippen molar-refractivity contribution in [2.45, 2.75) is 136 Å². The Morgan fingerprint density at radius 3 is 2.39 bits per heavy atom. The number of rotatable bonds is 26. The maximum absolute atomic E-state index is 14.7. The normalized spacial score (nSPS) is 19.2. The summed E-state index contributed by atoms with van der Waals surface area (Å²) in [5.41, 5.74) is 11.6. The number of hydrogen-bond acceptors (Lipinski definition) is 14. The van der Waals surface area contributed by atoms with Crippen LogP contribution in [0.5, 0.6) is 5.75 Å². The summed E-state index contributed by atoms with van der Waals surface area (Å²) >= 11 is 1.32. The number of nitrogens with two attached hydrogens (primary N) is 1. The first-order chi connectivity index (χ1) is 31.7. The summed E-state index contributed by atoms with van der Waals surface area (Å²) < 4.78 is 22.1. The Balaban J connectivity index is 1.45. The summed E-state index contributed by atoms with van der Waals surface area (Å²) in [6.45, 7) is 15.7. The SMILES string of the molecule is CCCO[C@H](C[C@H](C(C)C)N(CCC)C(=O)[C@@H](NC(=O)[C@H]1CCCCN1C)[C@@H](C)CC)c1nc(C(=O)N[C@H]2Cc3ccc(O)cc3[C@H](C(=O)NNC(=O)OCCOCCOCCN)C2)cs1. The molecule has 1 aromatic carbocycles. The largest absolute Gasteiger partial charge is 0.508 e. The molecule has 19 heteroatoms. The van der Waals surface area contributed by atoms with Crippen molar-refractivity contribution in [3.8, 4) is 5.75 Å². The van der Waals surface area contributed by atoms with Gasteiger partial charge >= 0.3 is 6.09 Å². The third kappa shape index (κ3) is 16.1. The number of hydrazine groups is 1. The average Bonchev–Trinajstić information content (AvgIpc) is 3.80. The molecule has 4 rings (SSSR count). The van der Waals surface area contributed by atoms with Crippen LogP contribution in [-0.4, -0.2) is 140 Å². The monoisotopic (exact) mass is 945 g/mol. The van der Waals surface area contributed by atoms with E-state index in [-0.39, 0.29) is 66.8 Å². The van der Waals surface area contributed by atoms with Crippen LogP contribution in [0.4, 0.5) is 4.79 Å². The molecule has 0 radical (unpaired) electrons. The Bertz CT molecular complexity index is 1850. The topological polar surface area (TPSA) is 236 Å². The van der Waals surface area contributed by atoms with Crippen molar-refractivity contribution >= 4 is 41.1 Å². The Kier molecular flexibility index (Phi) is 23.0. The zero-order chi connectivity index (χ0) is 48.2. The standard InChI is InChI=1S/C47H76N8O10S/c1-8-17-55(46(60)41(31(6)10-3)51-44(59)38-13-11-12-18-54(38)7)39(30(4)5)28-40(64-19-9-2)45-50-37(29-66-45)43(58)49-33-25-32-14-15-34(56)27-35(32)36(26-33)42(57)52-53-47(61)65-24-23-63-22-21-62-20-16-48/h14-15,27,29-31,33,36,38-41,56H,8-13,16-26,28,48H2,1-7H3,(H,49,58)(H,51,59)(H,52,57)(H,53,61)/t31-,33-,36+,38+,39+,40+,41-/m0/s1. The average molecular weight is 945 g/mol. The lowest BCUT2D eigenvalue weighted by Crippen LogP contribution is -2.58. The molecule has 1 saturated heterocycles. The number of aromatic nitrogens is 1. The van der Waals surface area contributed by atoms with E-state index in [4.69, 9.17) is 29.7 Å². The molecule has 0 unspecified atom stereocenters. The van der Waals surface area contributed by atoms with E-state index in [1.807, 2.05) is 39.6 Å². The molecule has 2 aromatic rings. The number of nitrogens with zero attached hydrogens (tertiary/aromatic N) is 3. The number of aromatic hydroxyl groups is 1. The van der Waals surface area contributed by atoms with Crippen LogP contribution >= 0.6 is 11.3 Å². The second kappa shape index (κ2) is 28.1. The number of thiazole rings is 1. The van der Waals surface area contributed by atoms with Crippen LogP contribution < -0.4 is 27.2 Å². The van der Waals surface area contributed by atoms with Crippen LogP contribution in [0.2, 0.25) is 0 Å². The number of benzene rings is 1. The third-order valence-electron chi connectivity index (χ3n) is 12.3. The van der Waals surface area contributed by atoms with Crippen molar-refractivity contribution in [1.29, 1.82) is 0 Å². The number of carbonyl (C=O) groups excluding carboxylic acids is 5. The van der Waals surface area contributed by atoms with Crippen molar-refractivity contribution in [3.05, 3.63) is 45.4 Å². The predicted molar refractivity (Wildman–Crippen MR) is 252 cm³/mol. The first-order valence-corrected chi connectivity index (χ1v) is 24.7. The van der Waals surface area contributed by atoms with E-state index in [1.165, 1.54) is 23.5 Å². The van der Waals surface area contributed by atoms with Gasteiger partial charge in [0.2, 0.25) is 17.7 Å². The fourth-order valence-corrected chi connectivity index (χ4v) is 9.38. The van der Waals surface area contributed by atoms with E-state index < -0.39 is 42.0 Å². The summed E-state index contributed by atoms with van der Waals surface area (Å²) in [5, 5.41) is 18.9. The van der Waals surface area contributed by atoms with E-state index >= 15 is 0 Å². The van der Waals surface area contributed by atoms with Gasteiger partial charge in [-0.1, -0.05) is 60.5 Å². The summed E-state index contributed by atoms with van der Waals surface area (Å²) in [4.78, 5) is 77.0. The van der Waals surface area contributed by atoms with Gasteiger partial charge in [-0.05, 0) is 87.2 Å². The van der Waals surface area contributed by atoms with Crippen LogP contribution in [0.1, 0.15) is 132 Å². The Hall–Kier alpha value is -4.40. The second-order valence-electron chi connectivity index (χ2n) is 17.7. The zero-order valence-corrected chi connectivity index (χ0v) is 40.9. The number of ether oxygens (including phenoxy) is 4. The van der Waals surface area contributed by atoms with Crippen molar-refractivity contribution < 1.29 is 48.0 Å². The molecule has 7 N–H and O–H groups in total. The summed E-state index contributed by atoms with van der Waals surface area (Å²) in [5.74, 6) is -2.07. The van der Waals surface area contributed by atoms with E-state index in [2.05, 4.69) is 40.2 Å². The molecule has 2 heterocycles. The van der Waals surface area contributed by atoms with E-state index in [0.29, 0.717) is 62.9 Å². The number of carbonyl (C=O) groups is 5. The number of phenolic OH excluding ortho intramolecular Hbond substituents is 1. The van der Waals surface area contributed by atoms with Crippen LogP contribution in [-0.2, 0) is 39.8 Å². The van der Waals surface area contributed by atoms with Crippen molar-refractivity contribution in [2.24, 2.45) is 17.6 Å². The molecule has 1 aromatic heterocycles. The molecular weight excluding hydrogens is 869 g/mol. The molecule has 18 nitrogen and oxygen atoms in total. The third-order valence-corrected chi connectivity index (χ3v) is 13.2. The molecular formula is C47H76N8O10S. The van der Waals surface area contributed by atoms with Gasteiger partial charge in [-0.15, -0.1) is 11.3 Å². The molecule has 7 atom stereocenters. The van der Waals surface area contributed by atoms with Gasteiger partial charge in [0.1, 0.15) is 35.2 Å². The van der Waals surface area contributed by atoms with Gasteiger partial charge in [0.05, 0.1) is 38.4 Å². The molecule has 1 aliphatic heterocycles. The van der Waals surface area contributed by atoms with Gasteiger partial charge in [0.25, 0.3) is 5.91 Å². The first-order valence-electron chi connectivity index (χ1n) is 23.8. The molecule has 370 valence electrons. The van der Waals surface area contributed by atoms with Gasteiger partial charge in [-0.25, -0.2) is 15.2 Å². The quantitative estimate of drug-likeness (QED) is 0.0561. The Morgan fingerprint density at radius 1 is 0.970 bits per heavy atom. The van der Waals surface area contributed by atoms with Crippen LogP contribution in [0.3, 0.4) is 0 Å². The van der Waals surface area contributed by atoms with Gasteiger partial charge in [0.15, 0.2) is 0 Å². The highest BCUT2D eigenvalue weighted by atomic mass is 32.1. The minimum atomic E-state index is -0.880. The number of likely N-dealkylation sites (tertiary alicyclic amines) is 1. The number of likely N-dealkylation sites (N-methyl/N-ethyl adjacent to an activating group) is 1. The number of amides is 5. The molecule has 5 amide bonds. The lowest BCUT2D eigenvalue weighted by atomic mass is 9.79. The minimum Gasteiger partial charge on any atom is -0.508 e. The lowest BCUT2D eigenvalue weighted by Gasteiger charge is -2.40. The smallest absolute Gasteiger partial charge is 0.426 e. The zero-order valence-electron chi connectivity index (χ0n) is 40.1. The van der Waals surface area contributed by atoms with Crippen molar-refractivity contribution in [3.63, 3.8) is 0 Å². The van der Waals surface area contributed by atoms with Gasteiger partial charge in [0, 0.05) is 43.6 Å². The molecule has 2 aliphatic rings. The highest BCUT2D eigenvalue weighted by Crippen LogP contribution is 2.35. The summed E-state index contributed by atoms with van der Waals surface area (Å²) in [6, 6.07) is 3.08. The van der Waals surface area contributed by atoms with Gasteiger partial charge in [-0.3, -0.25) is 29.5 Å². The molecule has 0 spiro atoms. The maximum Gasteiger partial charge on any atom is 0.426 e. The lowest BCUT2D eigenvalue weighted by molar-refractivity contribution is -0.143. The van der Waals surface area contributed by atoms with E-state index in [0.717, 1.165) is 50.6 Å². The highest BCUT2D eigenvalue weighted by Gasteiger charge is 2.39. The Morgan fingerprint density at radius 2 is 1.71 bits per heavy atom. The predicted octanol–water partition coefficient (Wildman–Crippen LogP) is 4.56. The van der Waals surface area contributed by atoms with Gasteiger partial charge < -0.3 is 45.3 Å². The fourth-order valence-electron chi connectivity index (χ4n) is 8.52. The number of piperidine rings is 1. The number of nitrogens with one attached hydrogen (secondary N) is 4. The second-order valence-corrected chi connectivity index (χ2v) is 18.6. The van der Waals surface area contributed by atoms with E-state index in [9.17, 15) is 29.1 Å². The number of hydrogen-bond donors (Lipinski definition) is 6. The van der Waals surface area contributed by atoms with Crippen LogP contribution in [0, 0.1) is 11.8 Å². The first kappa shape index (κ1) is 54.2. The minimum absolute atomic E-state index is 0.0173.